The van der Waals surface area contributed by atoms with Crippen molar-refractivity contribution < 1.29 is 23.1 Å². The Labute approximate surface area is 106 Å². The van der Waals surface area contributed by atoms with Gasteiger partial charge in [0.05, 0.1) is 5.56 Å². The van der Waals surface area contributed by atoms with Gasteiger partial charge in [-0.05, 0) is 17.7 Å². The summed E-state index contributed by atoms with van der Waals surface area (Å²) >= 11 is 0. The van der Waals surface area contributed by atoms with Crippen LogP contribution in [0.4, 0.5) is 13.2 Å². The molecule has 0 bridgehead atoms. The van der Waals surface area contributed by atoms with E-state index in [0.717, 1.165) is 12.1 Å². The Bertz CT molecular complexity index is 619. The number of aromatic amines is 1. The number of rotatable bonds is 3. The molecule has 0 fully saturated rings. The van der Waals surface area contributed by atoms with Crippen molar-refractivity contribution in [2.75, 3.05) is 0 Å². The molecule has 1 heterocycles. The van der Waals surface area contributed by atoms with Gasteiger partial charge >= 0.3 is 12.1 Å². The van der Waals surface area contributed by atoms with E-state index in [1.807, 2.05) is 0 Å². The molecule has 0 radical (unpaired) electrons. The van der Waals surface area contributed by atoms with Crippen LogP contribution in [-0.4, -0.2) is 22.1 Å². The molecule has 1 aromatic carbocycles. The van der Waals surface area contributed by atoms with E-state index < -0.39 is 23.8 Å². The number of nitrogens with two attached hydrogens (primary N) is 1. The molecule has 19 heavy (non-hydrogen) atoms. The smallest absolute Gasteiger partial charge is 0.416 e. The van der Waals surface area contributed by atoms with Crippen LogP contribution in [0, 0.1) is 0 Å². The van der Waals surface area contributed by atoms with Crippen molar-refractivity contribution in [3.63, 3.8) is 0 Å². The molecule has 0 aliphatic heterocycles. The molecule has 2 rings (SSSR count). The van der Waals surface area contributed by atoms with E-state index in [1.54, 1.807) is 0 Å². The SMILES string of the molecule is N[C@@H](Cc1c[nH]c2cc(C(F)(F)F)ccc12)C(=O)O. The Balaban J connectivity index is 2.37. The molecular weight excluding hydrogens is 261 g/mol. The average molecular weight is 272 g/mol. The fraction of sp³-hybridized carbons (Fsp3) is 0.250. The number of aromatic nitrogens is 1. The molecule has 7 heteroatoms. The normalized spacial score (nSPS) is 13.7. The number of hydrogen-bond acceptors (Lipinski definition) is 2. The van der Waals surface area contributed by atoms with Gasteiger partial charge in [0.1, 0.15) is 6.04 Å². The zero-order chi connectivity index (χ0) is 14.2. The van der Waals surface area contributed by atoms with Crippen LogP contribution in [0.25, 0.3) is 10.9 Å². The first-order valence-corrected chi connectivity index (χ1v) is 5.44. The van der Waals surface area contributed by atoms with E-state index >= 15 is 0 Å². The van der Waals surface area contributed by atoms with Crippen LogP contribution in [0.5, 0.6) is 0 Å². The minimum absolute atomic E-state index is 0.0562. The number of fused-ring (bicyclic) bond motifs is 1. The van der Waals surface area contributed by atoms with E-state index in [1.165, 1.54) is 12.3 Å². The van der Waals surface area contributed by atoms with E-state index in [9.17, 15) is 18.0 Å². The minimum Gasteiger partial charge on any atom is -0.480 e. The highest BCUT2D eigenvalue weighted by Gasteiger charge is 2.30. The summed E-state index contributed by atoms with van der Waals surface area (Å²) in [4.78, 5) is 13.4. The fourth-order valence-corrected chi connectivity index (χ4v) is 1.86. The van der Waals surface area contributed by atoms with Crippen molar-refractivity contribution in [1.82, 2.24) is 4.98 Å². The van der Waals surface area contributed by atoms with E-state index in [0.29, 0.717) is 16.5 Å². The molecule has 0 aliphatic carbocycles. The highest BCUT2D eigenvalue weighted by molar-refractivity contribution is 5.85. The molecule has 1 aromatic heterocycles. The minimum atomic E-state index is -4.41. The lowest BCUT2D eigenvalue weighted by molar-refractivity contribution is -0.139. The Morgan fingerprint density at radius 1 is 1.42 bits per heavy atom. The third-order valence-corrected chi connectivity index (χ3v) is 2.85. The molecule has 4 N–H and O–H groups in total. The first-order valence-electron chi connectivity index (χ1n) is 5.44. The topological polar surface area (TPSA) is 79.1 Å². The second-order valence-electron chi connectivity index (χ2n) is 4.22. The van der Waals surface area contributed by atoms with E-state index in [4.69, 9.17) is 10.8 Å². The molecule has 0 aliphatic rings. The third kappa shape index (κ3) is 2.70. The van der Waals surface area contributed by atoms with Crippen molar-refractivity contribution in [3.05, 3.63) is 35.5 Å². The van der Waals surface area contributed by atoms with Crippen molar-refractivity contribution in [1.29, 1.82) is 0 Å². The number of benzene rings is 1. The van der Waals surface area contributed by atoms with Crippen LogP contribution in [0.15, 0.2) is 24.4 Å². The number of aliphatic carboxylic acids is 1. The van der Waals surface area contributed by atoms with Crippen molar-refractivity contribution in [2.45, 2.75) is 18.6 Å². The first kappa shape index (κ1) is 13.4. The van der Waals surface area contributed by atoms with Crippen molar-refractivity contribution in [3.8, 4) is 0 Å². The van der Waals surface area contributed by atoms with Gasteiger partial charge in [-0.25, -0.2) is 0 Å². The summed E-state index contributed by atoms with van der Waals surface area (Å²) < 4.78 is 37.6. The van der Waals surface area contributed by atoms with Crippen molar-refractivity contribution >= 4 is 16.9 Å². The van der Waals surface area contributed by atoms with Crippen LogP contribution >= 0.6 is 0 Å². The summed E-state index contributed by atoms with van der Waals surface area (Å²) in [6, 6.07) is 2.19. The summed E-state index contributed by atoms with van der Waals surface area (Å²) in [5.41, 5.74) is 5.54. The Hall–Kier alpha value is -2.02. The average Bonchev–Trinajstić information content (AvgIpc) is 2.70. The molecular formula is C12H11F3N2O2. The van der Waals surface area contributed by atoms with Gasteiger partial charge in [0, 0.05) is 23.5 Å². The molecule has 0 saturated carbocycles. The third-order valence-electron chi connectivity index (χ3n) is 2.85. The van der Waals surface area contributed by atoms with Crippen LogP contribution in [0.2, 0.25) is 0 Å². The second-order valence-corrected chi connectivity index (χ2v) is 4.22. The maximum Gasteiger partial charge on any atom is 0.416 e. The Morgan fingerprint density at radius 3 is 2.68 bits per heavy atom. The standard InChI is InChI=1S/C12H11F3N2O2/c13-12(14,15)7-1-2-8-6(3-9(16)11(18)19)5-17-10(8)4-7/h1-2,4-5,9,17H,3,16H2,(H,18,19)/t9-/m0/s1. The highest BCUT2D eigenvalue weighted by Crippen LogP contribution is 2.32. The Kier molecular flexibility index (Phi) is 3.23. The summed E-state index contributed by atoms with van der Waals surface area (Å²) in [7, 11) is 0. The molecule has 4 nitrogen and oxygen atoms in total. The maximum absolute atomic E-state index is 12.5. The molecule has 1 atom stereocenters. The van der Waals surface area contributed by atoms with Gasteiger partial charge in [0.25, 0.3) is 0 Å². The number of halogens is 3. The van der Waals surface area contributed by atoms with Gasteiger partial charge in [-0.15, -0.1) is 0 Å². The van der Waals surface area contributed by atoms with Gasteiger partial charge in [-0.3, -0.25) is 4.79 Å². The number of carboxylic acid groups (broad SMARTS) is 1. The lowest BCUT2D eigenvalue weighted by Crippen LogP contribution is -2.32. The summed E-state index contributed by atoms with van der Waals surface area (Å²) in [5, 5.41) is 9.27. The number of H-pyrrole nitrogens is 1. The summed E-state index contributed by atoms with van der Waals surface area (Å²) in [6.07, 6.45) is -2.87. The predicted molar refractivity (Wildman–Crippen MR) is 62.6 cm³/mol. The summed E-state index contributed by atoms with van der Waals surface area (Å²) in [5.74, 6) is -1.15. The number of alkyl halides is 3. The highest BCUT2D eigenvalue weighted by atomic mass is 19.4. The number of nitrogens with one attached hydrogen (secondary N) is 1. The van der Waals surface area contributed by atoms with Gasteiger partial charge in [0.2, 0.25) is 0 Å². The number of carboxylic acids is 1. The molecule has 0 unspecified atom stereocenters. The monoisotopic (exact) mass is 272 g/mol. The van der Waals surface area contributed by atoms with Crippen LogP contribution < -0.4 is 5.73 Å². The van der Waals surface area contributed by atoms with Gasteiger partial charge in [-0.1, -0.05) is 6.07 Å². The second kappa shape index (κ2) is 4.58. The zero-order valence-corrected chi connectivity index (χ0v) is 9.66. The van der Waals surface area contributed by atoms with Crippen LogP contribution in [0.1, 0.15) is 11.1 Å². The summed E-state index contributed by atoms with van der Waals surface area (Å²) in [6.45, 7) is 0. The molecule has 2 aromatic rings. The quantitative estimate of drug-likeness (QED) is 0.801. The Morgan fingerprint density at radius 2 is 2.11 bits per heavy atom. The van der Waals surface area contributed by atoms with Crippen LogP contribution in [-0.2, 0) is 17.4 Å². The van der Waals surface area contributed by atoms with E-state index in [2.05, 4.69) is 4.98 Å². The van der Waals surface area contributed by atoms with Gasteiger partial charge < -0.3 is 15.8 Å². The first-order chi connectivity index (χ1) is 8.79. The molecule has 0 spiro atoms. The molecule has 0 saturated heterocycles. The van der Waals surface area contributed by atoms with Crippen molar-refractivity contribution in [2.24, 2.45) is 5.73 Å². The molecule has 0 amide bonds. The van der Waals surface area contributed by atoms with Crippen LogP contribution in [0.3, 0.4) is 0 Å². The lowest BCUT2D eigenvalue weighted by atomic mass is 10.0. The van der Waals surface area contributed by atoms with Gasteiger partial charge in [-0.2, -0.15) is 13.2 Å². The molecule has 102 valence electrons. The largest absolute Gasteiger partial charge is 0.480 e. The fourth-order valence-electron chi connectivity index (χ4n) is 1.86. The predicted octanol–water partition coefficient (Wildman–Crippen LogP) is 2.14. The van der Waals surface area contributed by atoms with Gasteiger partial charge in [0.15, 0.2) is 0 Å². The number of carbonyl (C=O) groups is 1. The van der Waals surface area contributed by atoms with E-state index in [-0.39, 0.29) is 6.42 Å². The zero-order valence-electron chi connectivity index (χ0n) is 9.66. The maximum atomic E-state index is 12.5. The lowest BCUT2D eigenvalue weighted by Gasteiger charge is -2.07. The number of hydrogen-bond donors (Lipinski definition) is 3.